The average Bonchev–Trinajstić information content (AvgIpc) is 3.72. The highest BCUT2D eigenvalue weighted by Gasteiger charge is 2.46. The lowest BCUT2D eigenvalue weighted by atomic mass is 9.80. The third-order valence-corrected chi connectivity index (χ3v) is 9.11. The highest BCUT2D eigenvalue weighted by Crippen LogP contribution is 2.47. The van der Waals surface area contributed by atoms with Gasteiger partial charge in [-0.25, -0.2) is 18.2 Å². The smallest absolute Gasteiger partial charge is 0.251 e. The van der Waals surface area contributed by atoms with E-state index in [1.54, 1.807) is 41.2 Å². The highest BCUT2D eigenvalue weighted by atomic mass is 35.5. The third-order valence-electron chi connectivity index (χ3n) is 8.82. The monoisotopic (exact) mass is 661 g/mol. The molecule has 3 aromatic carbocycles. The minimum absolute atomic E-state index is 0.00101. The molecule has 1 saturated carbocycles. The molecular weight excluding hydrogens is 635 g/mol. The van der Waals surface area contributed by atoms with Gasteiger partial charge in [-0.3, -0.25) is 14.3 Å². The lowest BCUT2D eigenvalue weighted by Gasteiger charge is -2.30. The summed E-state index contributed by atoms with van der Waals surface area (Å²) < 4.78 is 52.0. The van der Waals surface area contributed by atoms with Gasteiger partial charge in [-0.1, -0.05) is 41.9 Å². The predicted octanol–water partition coefficient (Wildman–Crippen LogP) is 5.31. The first-order valence-electron chi connectivity index (χ1n) is 14.8. The lowest BCUT2D eigenvalue weighted by molar-refractivity contribution is -0.123. The van der Waals surface area contributed by atoms with Crippen LogP contribution < -0.4 is 15.8 Å². The van der Waals surface area contributed by atoms with Crippen LogP contribution in [-0.4, -0.2) is 44.8 Å². The summed E-state index contributed by atoms with van der Waals surface area (Å²) in [4.78, 5) is 30.7. The Bertz CT molecular complexity index is 2110. The zero-order valence-electron chi connectivity index (χ0n) is 24.9. The molecule has 3 heterocycles. The molecule has 2 atom stereocenters. The maximum Gasteiger partial charge on any atom is 0.251 e. The van der Waals surface area contributed by atoms with Crippen LogP contribution in [-0.2, 0) is 15.8 Å². The minimum Gasteiger partial charge on any atom is -0.489 e. The zero-order valence-corrected chi connectivity index (χ0v) is 25.6. The van der Waals surface area contributed by atoms with Gasteiger partial charge in [0.05, 0.1) is 23.3 Å². The fourth-order valence-corrected chi connectivity index (χ4v) is 5.98. The Morgan fingerprint density at radius 2 is 1.85 bits per heavy atom. The van der Waals surface area contributed by atoms with Crippen molar-refractivity contribution in [2.24, 2.45) is 5.73 Å². The molecule has 5 aromatic rings. The maximum absolute atomic E-state index is 15.3. The fourth-order valence-electron chi connectivity index (χ4n) is 5.82. The van der Waals surface area contributed by atoms with E-state index in [9.17, 15) is 19.1 Å². The summed E-state index contributed by atoms with van der Waals surface area (Å²) in [7, 11) is 0. The first-order valence-corrected chi connectivity index (χ1v) is 15.1. The van der Waals surface area contributed by atoms with Crippen molar-refractivity contribution in [3.05, 3.63) is 112 Å². The summed E-state index contributed by atoms with van der Waals surface area (Å²) in [6.07, 6.45) is 3.60. The van der Waals surface area contributed by atoms with E-state index >= 15 is 8.78 Å². The van der Waals surface area contributed by atoms with E-state index in [0.717, 1.165) is 25.0 Å². The number of carbonyl (C=O) groups is 2. The van der Waals surface area contributed by atoms with Gasteiger partial charge in [-0.15, -0.1) is 0 Å². The maximum atomic E-state index is 15.3. The number of nitrogens with two attached hydrogens (primary N) is 1. The van der Waals surface area contributed by atoms with Gasteiger partial charge < -0.3 is 20.9 Å². The minimum atomic E-state index is -2.10. The standard InChI is InChI=1S/C34H27ClF3N5O4/c1-33(32(39)45)16-47-30-22(33)12-27(41-29(30)21-11-23(35)25(37)13-24(21)36)34(46,19-5-3-2-4-6-19)15-40-31(44)17-9-18-14-43(20-7-8-20)42-28(18)26(38)10-17/h2-6,9-14,20,46H,7-8,15-16H2,1H3,(H2,39,45)(H,40,44)/t33-,34+/m0/s1. The van der Waals surface area contributed by atoms with E-state index in [0.29, 0.717) is 11.5 Å². The molecule has 47 heavy (non-hydrogen) atoms. The Kier molecular flexibility index (Phi) is 7.25. The molecule has 0 radical (unpaired) electrons. The van der Waals surface area contributed by atoms with Gasteiger partial charge in [0.2, 0.25) is 5.91 Å². The highest BCUT2D eigenvalue weighted by molar-refractivity contribution is 6.31. The number of rotatable bonds is 8. The number of fused-ring (bicyclic) bond motifs is 2. The number of halogens is 4. The molecule has 2 amide bonds. The summed E-state index contributed by atoms with van der Waals surface area (Å²) in [5, 5.41) is 19.5. The van der Waals surface area contributed by atoms with E-state index in [4.69, 9.17) is 22.1 Å². The summed E-state index contributed by atoms with van der Waals surface area (Å²) in [6.45, 7) is 0.837. The third kappa shape index (κ3) is 5.17. The molecule has 0 unspecified atom stereocenters. The van der Waals surface area contributed by atoms with Crippen molar-refractivity contribution < 1.29 is 32.6 Å². The van der Waals surface area contributed by atoms with Crippen LogP contribution in [0.15, 0.2) is 66.9 Å². The van der Waals surface area contributed by atoms with Gasteiger partial charge >= 0.3 is 0 Å². The van der Waals surface area contributed by atoms with Crippen molar-refractivity contribution in [2.45, 2.75) is 36.8 Å². The van der Waals surface area contributed by atoms with Crippen LogP contribution in [0.3, 0.4) is 0 Å². The number of hydrogen-bond donors (Lipinski definition) is 3. The molecule has 9 nitrogen and oxygen atoms in total. The summed E-state index contributed by atoms with van der Waals surface area (Å²) >= 11 is 6.02. The molecule has 13 heteroatoms. The van der Waals surface area contributed by atoms with Crippen molar-refractivity contribution in [2.75, 3.05) is 13.2 Å². The number of benzene rings is 3. The topological polar surface area (TPSA) is 132 Å². The molecule has 0 saturated heterocycles. The SMILES string of the molecule is C[C@]1(C(N)=O)COc2c1cc([C@@](O)(CNC(=O)c1cc(F)c3nn(C4CC4)cc3c1)c1ccccc1)nc2-c1cc(Cl)c(F)cc1F. The molecule has 4 N–H and O–H groups in total. The molecule has 240 valence electrons. The Morgan fingerprint density at radius 1 is 1.11 bits per heavy atom. The van der Waals surface area contributed by atoms with Crippen molar-refractivity contribution >= 4 is 34.3 Å². The molecule has 0 spiro atoms. The summed E-state index contributed by atoms with van der Waals surface area (Å²) in [6, 6.07) is 14.1. The number of aliphatic hydroxyl groups is 1. The van der Waals surface area contributed by atoms with Crippen molar-refractivity contribution in [1.82, 2.24) is 20.1 Å². The van der Waals surface area contributed by atoms with Gasteiger partial charge in [0.1, 0.15) is 46.2 Å². The first-order chi connectivity index (χ1) is 22.4. The van der Waals surface area contributed by atoms with Gasteiger partial charge in [-0.2, -0.15) is 5.10 Å². The van der Waals surface area contributed by atoms with Crippen molar-refractivity contribution in [1.29, 1.82) is 0 Å². The van der Waals surface area contributed by atoms with Crippen LogP contribution in [0.5, 0.6) is 5.75 Å². The van der Waals surface area contributed by atoms with Gasteiger partial charge in [0, 0.05) is 34.3 Å². The van der Waals surface area contributed by atoms with Crippen LogP contribution in [0.1, 0.15) is 53.0 Å². The molecule has 1 aliphatic heterocycles. The quantitative estimate of drug-likeness (QED) is 0.193. The van der Waals surface area contributed by atoms with E-state index in [-0.39, 0.29) is 57.6 Å². The van der Waals surface area contributed by atoms with Gasteiger partial charge in [0.15, 0.2) is 5.82 Å². The van der Waals surface area contributed by atoms with Crippen LogP contribution >= 0.6 is 11.6 Å². The largest absolute Gasteiger partial charge is 0.489 e. The molecule has 7 rings (SSSR count). The van der Waals surface area contributed by atoms with Gasteiger partial charge in [0.25, 0.3) is 5.91 Å². The Hall–Kier alpha value is -4.94. The second-order valence-electron chi connectivity index (χ2n) is 12.1. The number of hydrogen-bond acceptors (Lipinski definition) is 6. The second kappa shape index (κ2) is 11.1. The Labute approximate surface area is 271 Å². The first kappa shape index (κ1) is 30.7. The second-order valence-corrected chi connectivity index (χ2v) is 12.5. The van der Waals surface area contributed by atoms with Crippen LogP contribution in [0.2, 0.25) is 5.02 Å². The number of nitrogens with zero attached hydrogens (tertiary/aromatic N) is 3. The molecule has 2 aliphatic rings. The van der Waals surface area contributed by atoms with E-state index < -0.39 is 51.8 Å². The van der Waals surface area contributed by atoms with Crippen LogP contribution in [0, 0.1) is 17.5 Å². The predicted molar refractivity (Wildman–Crippen MR) is 166 cm³/mol. The van der Waals surface area contributed by atoms with Crippen molar-refractivity contribution in [3.63, 3.8) is 0 Å². The number of carbonyl (C=O) groups excluding carboxylic acids is 2. The summed E-state index contributed by atoms with van der Waals surface area (Å²) in [5.74, 6) is -4.12. The van der Waals surface area contributed by atoms with E-state index in [1.165, 1.54) is 19.1 Å². The van der Waals surface area contributed by atoms with Crippen LogP contribution in [0.4, 0.5) is 13.2 Å². The van der Waals surface area contributed by atoms with Crippen LogP contribution in [0.25, 0.3) is 22.2 Å². The zero-order chi connectivity index (χ0) is 33.2. The molecule has 1 aliphatic carbocycles. The number of amides is 2. The van der Waals surface area contributed by atoms with Gasteiger partial charge in [-0.05, 0) is 49.6 Å². The average molecular weight is 662 g/mol. The molecule has 1 fully saturated rings. The van der Waals surface area contributed by atoms with E-state index in [2.05, 4.69) is 15.4 Å². The Morgan fingerprint density at radius 3 is 2.55 bits per heavy atom. The number of aromatic nitrogens is 3. The molecule has 2 aromatic heterocycles. The Balaban J connectivity index is 1.33. The lowest BCUT2D eigenvalue weighted by Crippen LogP contribution is -2.43. The number of ether oxygens (including phenoxy) is 1. The molecular formula is C34H27ClF3N5O4. The summed E-state index contributed by atoms with van der Waals surface area (Å²) in [5.41, 5.74) is 2.37. The fraction of sp³-hybridized carbons (Fsp3) is 0.235. The number of pyridine rings is 1. The molecule has 0 bridgehead atoms. The number of nitrogens with one attached hydrogen (secondary N) is 1. The van der Waals surface area contributed by atoms with E-state index in [1.807, 2.05) is 0 Å². The normalized spacial score (nSPS) is 18.4. The van der Waals surface area contributed by atoms with Crippen molar-refractivity contribution in [3.8, 4) is 17.0 Å². The number of primary amides is 1.